The Balaban J connectivity index is 1.06. The number of para-hydroxylation sites is 2. The molecule has 0 saturated carbocycles. The number of hydrogen-bond acceptors (Lipinski definition) is 9. The lowest BCUT2D eigenvalue weighted by atomic mass is 10.1. The van der Waals surface area contributed by atoms with Gasteiger partial charge < -0.3 is 20.2 Å². The van der Waals surface area contributed by atoms with Crippen LogP contribution in [0.5, 0.6) is 11.5 Å². The summed E-state index contributed by atoms with van der Waals surface area (Å²) in [6.07, 6.45) is 4.39. The first-order chi connectivity index (χ1) is 21.1. The Labute approximate surface area is 244 Å². The van der Waals surface area contributed by atoms with Crippen molar-refractivity contribution in [2.75, 3.05) is 25.4 Å². The second kappa shape index (κ2) is 10.8. The lowest BCUT2D eigenvalue weighted by Gasteiger charge is -2.38. The molecule has 1 aliphatic rings. The van der Waals surface area contributed by atoms with Crippen molar-refractivity contribution in [2.24, 2.45) is 0 Å². The minimum atomic E-state index is -0.319. The predicted octanol–water partition coefficient (Wildman–Crippen LogP) is 2.77. The largest absolute Gasteiger partial charge is 0.457 e. The first kappa shape index (κ1) is 26.0. The maximum atomic E-state index is 13.8. The molecule has 3 aromatic heterocycles. The fraction of sp³-hybridized carbons (Fsp3) is 0.133. The van der Waals surface area contributed by atoms with E-state index >= 15 is 0 Å². The van der Waals surface area contributed by atoms with Crippen molar-refractivity contribution >= 4 is 33.9 Å². The maximum absolute atomic E-state index is 13.8. The number of fused-ring (bicyclic) bond motifs is 2. The van der Waals surface area contributed by atoms with Gasteiger partial charge in [-0.3, -0.25) is 13.9 Å². The molecule has 0 aliphatic carbocycles. The van der Waals surface area contributed by atoms with Crippen LogP contribution >= 0.6 is 0 Å². The van der Waals surface area contributed by atoms with Crippen LogP contribution in [0, 0.1) is 0 Å². The molecule has 7 rings (SSSR count). The lowest BCUT2D eigenvalue weighted by Crippen LogP contribution is -2.52. The third kappa shape index (κ3) is 4.82. The number of nitrogens with two attached hydrogens (primary N) is 1. The molecule has 0 radical (unpaired) electrons. The Morgan fingerprint density at radius 1 is 0.953 bits per heavy atom. The zero-order valence-electron chi connectivity index (χ0n) is 22.7. The Bertz CT molecular complexity index is 2020. The molecular weight excluding hydrogens is 550 g/mol. The molecule has 4 heterocycles. The van der Waals surface area contributed by atoms with Gasteiger partial charge >= 0.3 is 5.69 Å². The molecule has 214 valence electrons. The van der Waals surface area contributed by atoms with Gasteiger partial charge in [-0.15, -0.1) is 5.10 Å². The fourth-order valence-corrected chi connectivity index (χ4v) is 5.03. The van der Waals surface area contributed by atoms with E-state index in [0.717, 1.165) is 5.52 Å². The van der Waals surface area contributed by atoms with E-state index in [0.29, 0.717) is 47.0 Å². The number of amides is 1. The molecule has 0 unspecified atom stereocenters. The molecule has 1 aliphatic heterocycles. The molecule has 1 saturated heterocycles. The highest BCUT2D eigenvalue weighted by Crippen LogP contribution is 2.28. The SMILES string of the molecule is Nc1ncnc2c1n(-c1ccc(Oc3ccccc3)cc1)c(=O)n2C1CN(C(=O)/C=C/COn2nnc3ccccc32)C1. The van der Waals surface area contributed by atoms with Gasteiger partial charge in [-0.25, -0.2) is 14.8 Å². The minimum Gasteiger partial charge on any atom is -0.457 e. The van der Waals surface area contributed by atoms with E-state index in [-0.39, 0.29) is 30.1 Å². The summed E-state index contributed by atoms with van der Waals surface area (Å²) in [6.45, 7) is 0.809. The van der Waals surface area contributed by atoms with Gasteiger partial charge in [-0.2, -0.15) is 0 Å². The summed E-state index contributed by atoms with van der Waals surface area (Å²) in [6, 6.07) is 23.7. The van der Waals surface area contributed by atoms with Crippen LogP contribution in [0.2, 0.25) is 0 Å². The number of hydrogen-bond donors (Lipinski definition) is 1. The normalized spacial score (nSPS) is 13.5. The smallest absolute Gasteiger partial charge is 0.335 e. The minimum absolute atomic E-state index is 0.134. The van der Waals surface area contributed by atoms with Crippen LogP contribution in [0.4, 0.5) is 5.82 Å². The predicted molar refractivity (Wildman–Crippen MR) is 158 cm³/mol. The topological polar surface area (TPSA) is 148 Å². The summed E-state index contributed by atoms with van der Waals surface area (Å²) in [5.41, 5.74) is 8.77. The van der Waals surface area contributed by atoms with E-state index in [1.54, 1.807) is 39.8 Å². The average molecular weight is 576 g/mol. The molecule has 0 atom stereocenters. The molecule has 0 bridgehead atoms. The number of carbonyl (C=O) groups excluding carboxylic acids is 1. The zero-order valence-corrected chi connectivity index (χ0v) is 22.7. The van der Waals surface area contributed by atoms with Crippen molar-refractivity contribution in [1.82, 2.24) is 39.2 Å². The first-order valence-electron chi connectivity index (χ1n) is 13.5. The summed E-state index contributed by atoms with van der Waals surface area (Å²) >= 11 is 0. The maximum Gasteiger partial charge on any atom is 0.335 e. The summed E-state index contributed by atoms with van der Waals surface area (Å²) in [7, 11) is 0. The number of aromatic nitrogens is 7. The monoisotopic (exact) mass is 575 g/mol. The second-order valence-corrected chi connectivity index (χ2v) is 9.87. The molecular formula is C30H25N9O4. The van der Waals surface area contributed by atoms with E-state index in [9.17, 15) is 9.59 Å². The van der Waals surface area contributed by atoms with Crippen LogP contribution in [0.15, 0.2) is 102 Å². The quantitative estimate of drug-likeness (QED) is 0.271. The van der Waals surface area contributed by atoms with Crippen molar-refractivity contribution in [2.45, 2.75) is 6.04 Å². The number of carbonyl (C=O) groups is 1. The molecule has 1 fully saturated rings. The van der Waals surface area contributed by atoms with Crippen molar-refractivity contribution in [1.29, 1.82) is 0 Å². The van der Waals surface area contributed by atoms with Crippen LogP contribution in [-0.2, 0) is 4.79 Å². The number of nitrogen functional groups attached to an aromatic ring is 1. The third-order valence-corrected chi connectivity index (χ3v) is 7.17. The van der Waals surface area contributed by atoms with Crippen molar-refractivity contribution in [3.63, 3.8) is 0 Å². The van der Waals surface area contributed by atoms with E-state index in [1.807, 2.05) is 54.6 Å². The number of likely N-dealkylation sites (tertiary alicyclic amines) is 1. The number of anilines is 1. The highest BCUT2D eigenvalue weighted by Gasteiger charge is 2.35. The van der Waals surface area contributed by atoms with E-state index in [4.69, 9.17) is 15.3 Å². The molecule has 43 heavy (non-hydrogen) atoms. The number of imidazole rings is 1. The first-order valence-corrected chi connectivity index (χ1v) is 13.5. The summed E-state index contributed by atoms with van der Waals surface area (Å²) < 4.78 is 8.96. The van der Waals surface area contributed by atoms with Gasteiger partial charge in [0.15, 0.2) is 11.5 Å². The molecule has 13 heteroatoms. The number of ether oxygens (including phenoxy) is 1. The van der Waals surface area contributed by atoms with Gasteiger partial charge in [0, 0.05) is 19.2 Å². The van der Waals surface area contributed by atoms with Crippen molar-refractivity contribution in [3.05, 3.63) is 108 Å². The van der Waals surface area contributed by atoms with E-state index in [1.165, 1.54) is 21.8 Å². The Morgan fingerprint density at radius 3 is 2.51 bits per heavy atom. The van der Waals surface area contributed by atoms with Gasteiger partial charge in [-0.05, 0) is 59.8 Å². The number of rotatable bonds is 8. The van der Waals surface area contributed by atoms with Gasteiger partial charge in [0.2, 0.25) is 5.91 Å². The Kier molecular flexibility index (Phi) is 6.51. The van der Waals surface area contributed by atoms with Crippen LogP contribution in [0.25, 0.3) is 27.9 Å². The highest BCUT2D eigenvalue weighted by atomic mass is 16.7. The van der Waals surface area contributed by atoms with E-state index in [2.05, 4.69) is 20.3 Å². The standard InChI is InChI=1S/C30H25N9O4/c31-28-27-29(33-19-32-28)38(30(41)37(27)20-12-14-23(15-13-20)43-22-7-2-1-3-8-22)21-17-36(18-21)26(40)11-6-16-42-39-25-10-5-4-9-24(25)34-35-39/h1-15,19,21H,16-18H2,(H2,31,32,33)/b11-6+. The third-order valence-electron chi connectivity index (χ3n) is 7.17. The second-order valence-electron chi connectivity index (χ2n) is 9.87. The molecule has 13 nitrogen and oxygen atoms in total. The molecule has 2 N–H and O–H groups in total. The Morgan fingerprint density at radius 2 is 1.70 bits per heavy atom. The number of benzene rings is 3. The van der Waals surface area contributed by atoms with E-state index < -0.39 is 0 Å². The summed E-state index contributed by atoms with van der Waals surface area (Å²) in [4.78, 5) is 43.6. The van der Waals surface area contributed by atoms with Crippen molar-refractivity contribution in [3.8, 4) is 17.2 Å². The highest BCUT2D eigenvalue weighted by molar-refractivity contribution is 5.88. The molecule has 0 spiro atoms. The van der Waals surface area contributed by atoms with Gasteiger partial charge in [0.25, 0.3) is 0 Å². The van der Waals surface area contributed by atoms with Crippen LogP contribution in [0.3, 0.4) is 0 Å². The molecule has 1 amide bonds. The molecule has 3 aromatic carbocycles. The average Bonchev–Trinajstić information content (AvgIpc) is 3.55. The van der Waals surface area contributed by atoms with Crippen LogP contribution < -0.4 is 21.0 Å². The van der Waals surface area contributed by atoms with Gasteiger partial charge in [-0.1, -0.05) is 35.2 Å². The lowest BCUT2D eigenvalue weighted by molar-refractivity contribution is -0.131. The van der Waals surface area contributed by atoms with Gasteiger partial charge in [0.1, 0.15) is 41.0 Å². The summed E-state index contributed by atoms with van der Waals surface area (Å²) in [5.74, 6) is 1.32. The summed E-state index contributed by atoms with van der Waals surface area (Å²) in [5, 5.41) is 7.99. The molecule has 6 aromatic rings. The number of nitrogens with zero attached hydrogens (tertiary/aromatic N) is 8. The fourth-order valence-electron chi connectivity index (χ4n) is 5.03. The van der Waals surface area contributed by atoms with Crippen molar-refractivity contribution < 1.29 is 14.4 Å². The zero-order chi connectivity index (χ0) is 29.3. The van der Waals surface area contributed by atoms with Gasteiger partial charge in [0.05, 0.1) is 11.7 Å². The van der Waals surface area contributed by atoms with Crippen LogP contribution in [-0.4, -0.2) is 64.8 Å². The van der Waals surface area contributed by atoms with Crippen LogP contribution in [0.1, 0.15) is 6.04 Å². The Hall–Kier alpha value is -5.98.